The molecular formula is C18H19ClN2O. The Morgan fingerprint density at radius 2 is 1.86 bits per heavy atom. The predicted molar refractivity (Wildman–Crippen MR) is 90.4 cm³/mol. The third-order valence-corrected chi connectivity index (χ3v) is 4.42. The normalized spacial score (nSPS) is 12.8. The van der Waals surface area contributed by atoms with Crippen LogP contribution in [-0.4, -0.2) is 14.7 Å². The van der Waals surface area contributed by atoms with Gasteiger partial charge in [0.2, 0.25) is 0 Å². The first-order chi connectivity index (χ1) is 10.5. The summed E-state index contributed by atoms with van der Waals surface area (Å²) in [5, 5.41) is 10.8. The Hall–Kier alpha value is -1.84. The Balaban J connectivity index is 2.20. The van der Waals surface area contributed by atoms with E-state index in [1.165, 1.54) is 11.1 Å². The average Bonchev–Trinajstić information content (AvgIpc) is 2.80. The molecule has 1 N–H and O–H groups in total. The zero-order chi connectivity index (χ0) is 15.9. The minimum Gasteiger partial charge on any atom is -0.385 e. The van der Waals surface area contributed by atoms with E-state index >= 15 is 0 Å². The summed E-state index contributed by atoms with van der Waals surface area (Å²) in [6.45, 7) is 6.50. The molecule has 2 aromatic carbocycles. The van der Waals surface area contributed by atoms with Crippen molar-refractivity contribution in [2.75, 3.05) is 0 Å². The molecule has 3 aromatic rings. The van der Waals surface area contributed by atoms with Gasteiger partial charge in [0.1, 0.15) is 11.9 Å². The number of hydrogen-bond donors (Lipinski definition) is 1. The Morgan fingerprint density at radius 3 is 2.55 bits per heavy atom. The monoisotopic (exact) mass is 314 g/mol. The maximum atomic E-state index is 10.1. The number of aromatic nitrogens is 2. The van der Waals surface area contributed by atoms with E-state index in [1.807, 2.05) is 28.8 Å². The van der Waals surface area contributed by atoms with Crippen molar-refractivity contribution in [2.24, 2.45) is 0 Å². The first-order valence-electron chi connectivity index (χ1n) is 7.36. The molecule has 1 heterocycles. The lowest BCUT2D eigenvalue weighted by Gasteiger charge is -2.12. The van der Waals surface area contributed by atoms with Crippen molar-refractivity contribution in [1.82, 2.24) is 9.55 Å². The summed E-state index contributed by atoms with van der Waals surface area (Å²) in [5.74, 6) is 0.667. The Bertz CT molecular complexity index is 836. The summed E-state index contributed by atoms with van der Waals surface area (Å²) >= 11 is 6.28. The van der Waals surface area contributed by atoms with E-state index < -0.39 is 6.10 Å². The van der Waals surface area contributed by atoms with Crippen LogP contribution in [0.2, 0.25) is 5.02 Å². The fraction of sp³-hybridized carbons (Fsp3) is 0.278. The second-order valence-corrected chi connectivity index (χ2v) is 6.16. The highest BCUT2D eigenvalue weighted by molar-refractivity contribution is 6.31. The molecule has 0 radical (unpaired) electrons. The zero-order valence-electron chi connectivity index (χ0n) is 13.0. The summed E-state index contributed by atoms with van der Waals surface area (Å²) in [6.07, 6.45) is -0.629. The first-order valence-corrected chi connectivity index (χ1v) is 7.74. The smallest absolute Gasteiger partial charge is 0.138 e. The molecule has 1 aromatic heterocycles. The van der Waals surface area contributed by atoms with Crippen LogP contribution in [0.15, 0.2) is 36.4 Å². The van der Waals surface area contributed by atoms with Gasteiger partial charge in [-0.2, -0.15) is 0 Å². The number of rotatable bonds is 3. The second kappa shape index (κ2) is 5.75. The Kier molecular flexibility index (Phi) is 3.94. The van der Waals surface area contributed by atoms with E-state index in [0.29, 0.717) is 12.4 Å². The highest BCUT2D eigenvalue weighted by Crippen LogP contribution is 2.26. The number of aliphatic hydroxyl groups is 1. The van der Waals surface area contributed by atoms with Crippen molar-refractivity contribution in [2.45, 2.75) is 33.4 Å². The van der Waals surface area contributed by atoms with Gasteiger partial charge in [-0.15, -0.1) is 0 Å². The fourth-order valence-corrected chi connectivity index (χ4v) is 2.88. The molecule has 22 heavy (non-hydrogen) atoms. The van der Waals surface area contributed by atoms with Gasteiger partial charge in [-0.05, 0) is 55.7 Å². The maximum absolute atomic E-state index is 10.1. The molecule has 0 saturated carbocycles. The van der Waals surface area contributed by atoms with Crippen LogP contribution in [0, 0.1) is 13.8 Å². The molecule has 0 amide bonds. The summed E-state index contributed by atoms with van der Waals surface area (Å²) in [6, 6.07) is 12.0. The van der Waals surface area contributed by atoms with Gasteiger partial charge < -0.3 is 9.67 Å². The molecule has 0 spiro atoms. The molecule has 0 aliphatic carbocycles. The molecule has 0 bridgehead atoms. The lowest BCUT2D eigenvalue weighted by molar-refractivity contribution is 0.185. The molecule has 0 fully saturated rings. The molecule has 0 aliphatic heterocycles. The van der Waals surface area contributed by atoms with Gasteiger partial charge in [0.05, 0.1) is 17.6 Å². The standard InChI is InChI=1S/C18H19ClN2O/c1-11-8-16-17(9-12(11)2)21(18(20-16)13(3)22)10-14-6-4-5-7-15(14)19/h4-9,13,22H,10H2,1-3H3. The highest BCUT2D eigenvalue weighted by Gasteiger charge is 2.16. The lowest BCUT2D eigenvalue weighted by atomic mass is 10.1. The van der Waals surface area contributed by atoms with Crippen LogP contribution in [0.4, 0.5) is 0 Å². The van der Waals surface area contributed by atoms with Crippen molar-refractivity contribution >= 4 is 22.6 Å². The molecular weight excluding hydrogens is 296 g/mol. The number of fused-ring (bicyclic) bond motifs is 1. The van der Waals surface area contributed by atoms with E-state index in [2.05, 4.69) is 31.0 Å². The van der Waals surface area contributed by atoms with Crippen LogP contribution in [-0.2, 0) is 6.54 Å². The maximum Gasteiger partial charge on any atom is 0.138 e. The van der Waals surface area contributed by atoms with Crippen LogP contribution in [0.25, 0.3) is 11.0 Å². The molecule has 0 saturated heterocycles. The van der Waals surface area contributed by atoms with Crippen LogP contribution in [0.5, 0.6) is 0 Å². The molecule has 4 heteroatoms. The molecule has 3 rings (SSSR count). The Morgan fingerprint density at radius 1 is 1.18 bits per heavy atom. The fourth-order valence-electron chi connectivity index (χ4n) is 2.68. The van der Waals surface area contributed by atoms with Gasteiger partial charge in [-0.25, -0.2) is 4.98 Å². The van der Waals surface area contributed by atoms with Crippen molar-refractivity contribution < 1.29 is 5.11 Å². The van der Waals surface area contributed by atoms with Crippen LogP contribution in [0.3, 0.4) is 0 Å². The highest BCUT2D eigenvalue weighted by atomic mass is 35.5. The lowest BCUT2D eigenvalue weighted by Crippen LogP contribution is -2.08. The largest absolute Gasteiger partial charge is 0.385 e. The SMILES string of the molecule is Cc1cc2nc(C(C)O)n(Cc3ccccc3Cl)c2cc1C. The van der Waals surface area contributed by atoms with E-state index in [1.54, 1.807) is 6.92 Å². The third kappa shape index (κ3) is 2.62. The summed E-state index contributed by atoms with van der Waals surface area (Å²) in [7, 11) is 0. The van der Waals surface area contributed by atoms with E-state index in [9.17, 15) is 5.11 Å². The number of benzene rings is 2. The molecule has 114 valence electrons. The molecule has 1 atom stereocenters. The minimum atomic E-state index is -0.629. The van der Waals surface area contributed by atoms with Gasteiger partial charge in [-0.1, -0.05) is 29.8 Å². The number of imidazole rings is 1. The van der Waals surface area contributed by atoms with Gasteiger partial charge in [0.25, 0.3) is 0 Å². The minimum absolute atomic E-state index is 0.596. The van der Waals surface area contributed by atoms with Crippen LogP contribution >= 0.6 is 11.6 Å². The van der Waals surface area contributed by atoms with E-state index in [0.717, 1.165) is 21.6 Å². The van der Waals surface area contributed by atoms with Crippen LogP contribution in [0.1, 0.15) is 35.5 Å². The summed E-state index contributed by atoms with van der Waals surface area (Å²) < 4.78 is 2.05. The first kappa shape index (κ1) is 15.1. The van der Waals surface area contributed by atoms with Crippen molar-refractivity contribution in [3.05, 3.63) is 63.9 Å². The van der Waals surface area contributed by atoms with Gasteiger partial charge in [0, 0.05) is 5.02 Å². The summed E-state index contributed by atoms with van der Waals surface area (Å²) in [5.41, 5.74) is 5.37. The second-order valence-electron chi connectivity index (χ2n) is 5.75. The van der Waals surface area contributed by atoms with Gasteiger partial charge in [0.15, 0.2) is 0 Å². The quantitative estimate of drug-likeness (QED) is 0.777. The number of hydrogen-bond acceptors (Lipinski definition) is 2. The third-order valence-electron chi connectivity index (χ3n) is 4.05. The molecule has 3 nitrogen and oxygen atoms in total. The number of aliphatic hydroxyl groups excluding tert-OH is 1. The number of aryl methyl sites for hydroxylation is 2. The molecule has 1 unspecified atom stereocenters. The zero-order valence-corrected chi connectivity index (χ0v) is 13.7. The number of nitrogens with zero attached hydrogens (tertiary/aromatic N) is 2. The van der Waals surface area contributed by atoms with Crippen molar-refractivity contribution in [3.63, 3.8) is 0 Å². The van der Waals surface area contributed by atoms with Crippen LogP contribution < -0.4 is 0 Å². The topological polar surface area (TPSA) is 38.1 Å². The van der Waals surface area contributed by atoms with Gasteiger partial charge in [-0.3, -0.25) is 0 Å². The summed E-state index contributed by atoms with van der Waals surface area (Å²) in [4.78, 5) is 4.61. The molecule has 0 aliphatic rings. The van der Waals surface area contributed by atoms with Crippen molar-refractivity contribution in [3.8, 4) is 0 Å². The number of halogens is 1. The van der Waals surface area contributed by atoms with Crippen molar-refractivity contribution in [1.29, 1.82) is 0 Å². The Labute approximate surface area is 135 Å². The van der Waals surface area contributed by atoms with Gasteiger partial charge >= 0.3 is 0 Å². The van der Waals surface area contributed by atoms with E-state index in [4.69, 9.17) is 11.6 Å². The van der Waals surface area contributed by atoms with E-state index in [-0.39, 0.29) is 0 Å². The predicted octanol–water partition coefficient (Wildman–Crippen LogP) is 4.41. The average molecular weight is 315 g/mol.